The molecule has 1 saturated heterocycles. The molecule has 1 N–H and O–H groups in total. The van der Waals surface area contributed by atoms with Crippen LogP contribution in [-0.4, -0.2) is 48.6 Å². The Morgan fingerprint density at radius 3 is 2.28 bits per heavy atom. The first kappa shape index (κ1) is 17.5. The normalized spacial score (nSPS) is 15.2. The number of benzene rings is 2. The van der Waals surface area contributed by atoms with E-state index >= 15 is 0 Å². The minimum Gasteiger partial charge on any atom is -0.338 e. The standard InChI is InChI=1S/C21H27N3O/c1-18-7-9-19(10-8-18)11-12-22-21(25)24-15-13-23(14-16-24)17-20-5-3-2-4-6-20/h2-10H,11-17H2,1H3,(H,22,25). The Balaban J connectivity index is 1.37. The minimum atomic E-state index is 0.0615. The number of piperazine rings is 1. The van der Waals surface area contributed by atoms with Crippen LogP contribution in [0.1, 0.15) is 16.7 Å². The zero-order chi connectivity index (χ0) is 17.5. The van der Waals surface area contributed by atoms with Gasteiger partial charge in [0.2, 0.25) is 0 Å². The molecule has 4 heteroatoms. The van der Waals surface area contributed by atoms with Crippen molar-refractivity contribution in [3.63, 3.8) is 0 Å². The van der Waals surface area contributed by atoms with Crippen molar-refractivity contribution in [3.05, 3.63) is 71.3 Å². The lowest BCUT2D eigenvalue weighted by Crippen LogP contribution is -2.51. The highest BCUT2D eigenvalue weighted by molar-refractivity contribution is 5.74. The van der Waals surface area contributed by atoms with Crippen LogP contribution in [0.25, 0.3) is 0 Å². The third-order valence-electron chi connectivity index (χ3n) is 4.72. The van der Waals surface area contributed by atoms with Gasteiger partial charge < -0.3 is 10.2 Å². The monoisotopic (exact) mass is 337 g/mol. The van der Waals surface area contributed by atoms with Crippen LogP contribution in [0.2, 0.25) is 0 Å². The van der Waals surface area contributed by atoms with E-state index in [0.29, 0.717) is 6.54 Å². The molecule has 2 amide bonds. The molecule has 25 heavy (non-hydrogen) atoms. The maximum Gasteiger partial charge on any atom is 0.317 e. The fraction of sp³-hybridized carbons (Fsp3) is 0.381. The number of nitrogens with zero attached hydrogens (tertiary/aromatic N) is 2. The molecule has 2 aromatic carbocycles. The molecule has 0 unspecified atom stereocenters. The lowest BCUT2D eigenvalue weighted by molar-refractivity contribution is 0.135. The van der Waals surface area contributed by atoms with E-state index in [0.717, 1.165) is 39.1 Å². The summed E-state index contributed by atoms with van der Waals surface area (Å²) in [7, 11) is 0. The van der Waals surface area contributed by atoms with Gasteiger partial charge in [-0.3, -0.25) is 4.90 Å². The van der Waals surface area contributed by atoms with Crippen LogP contribution >= 0.6 is 0 Å². The summed E-state index contributed by atoms with van der Waals surface area (Å²) in [6.45, 7) is 7.19. The first-order valence-corrected chi connectivity index (χ1v) is 9.05. The molecule has 0 aliphatic carbocycles. The molecule has 3 rings (SSSR count). The smallest absolute Gasteiger partial charge is 0.317 e. The Morgan fingerprint density at radius 1 is 0.920 bits per heavy atom. The predicted molar refractivity (Wildman–Crippen MR) is 102 cm³/mol. The highest BCUT2D eigenvalue weighted by Gasteiger charge is 2.20. The van der Waals surface area contributed by atoms with Crippen molar-refractivity contribution in [1.29, 1.82) is 0 Å². The molecular weight excluding hydrogens is 310 g/mol. The number of carbonyl (C=O) groups is 1. The van der Waals surface area contributed by atoms with Gasteiger partial charge in [0.25, 0.3) is 0 Å². The average molecular weight is 337 g/mol. The van der Waals surface area contributed by atoms with Gasteiger partial charge in [-0.15, -0.1) is 0 Å². The van der Waals surface area contributed by atoms with Gasteiger partial charge in [0, 0.05) is 39.3 Å². The summed E-state index contributed by atoms with van der Waals surface area (Å²) >= 11 is 0. The number of nitrogens with one attached hydrogen (secondary N) is 1. The first-order valence-electron chi connectivity index (χ1n) is 9.05. The van der Waals surface area contributed by atoms with Gasteiger partial charge in [-0.2, -0.15) is 0 Å². The molecular formula is C21H27N3O. The second-order valence-corrected chi connectivity index (χ2v) is 6.72. The van der Waals surface area contributed by atoms with Gasteiger partial charge in [0.05, 0.1) is 0 Å². The number of carbonyl (C=O) groups excluding carboxylic acids is 1. The van der Waals surface area contributed by atoms with Gasteiger partial charge >= 0.3 is 6.03 Å². The van der Waals surface area contributed by atoms with Crippen LogP contribution in [0.5, 0.6) is 0 Å². The summed E-state index contributed by atoms with van der Waals surface area (Å²) < 4.78 is 0. The van der Waals surface area contributed by atoms with Crippen LogP contribution in [-0.2, 0) is 13.0 Å². The Kier molecular flexibility index (Phi) is 6.07. The molecule has 1 heterocycles. The molecule has 1 aliphatic heterocycles. The van der Waals surface area contributed by atoms with Crippen molar-refractivity contribution in [3.8, 4) is 0 Å². The van der Waals surface area contributed by atoms with E-state index in [1.165, 1.54) is 16.7 Å². The van der Waals surface area contributed by atoms with Crippen molar-refractivity contribution in [2.45, 2.75) is 19.9 Å². The Bertz CT molecular complexity index is 661. The molecule has 0 spiro atoms. The van der Waals surface area contributed by atoms with Crippen LogP contribution in [0.15, 0.2) is 54.6 Å². The van der Waals surface area contributed by atoms with Crippen molar-refractivity contribution < 1.29 is 4.79 Å². The fourth-order valence-corrected chi connectivity index (χ4v) is 3.13. The zero-order valence-corrected chi connectivity index (χ0v) is 14.9. The summed E-state index contributed by atoms with van der Waals surface area (Å²) in [5.74, 6) is 0. The molecule has 1 aliphatic rings. The number of amides is 2. The summed E-state index contributed by atoms with van der Waals surface area (Å²) in [6.07, 6.45) is 0.875. The van der Waals surface area contributed by atoms with E-state index < -0.39 is 0 Å². The quantitative estimate of drug-likeness (QED) is 0.910. The third-order valence-corrected chi connectivity index (χ3v) is 4.72. The van der Waals surface area contributed by atoms with Crippen molar-refractivity contribution in [2.75, 3.05) is 32.7 Å². The second-order valence-electron chi connectivity index (χ2n) is 6.72. The van der Waals surface area contributed by atoms with Crippen molar-refractivity contribution >= 4 is 6.03 Å². The van der Waals surface area contributed by atoms with E-state index in [1.54, 1.807) is 0 Å². The largest absolute Gasteiger partial charge is 0.338 e. The summed E-state index contributed by atoms with van der Waals surface area (Å²) in [5, 5.41) is 3.05. The summed E-state index contributed by atoms with van der Waals surface area (Å²) in [5.41, 5.74) is 3.86. The maximum absolute atomic E-state index is 12.3. The first-order chi connectivity index (χ1) is 12.2. The van der Waals surface area contributed by atoms with Gasteiger partial charge in [-0.25, -0.2) is 4.79 Å². The van der Waals surface area contributed by atoms with E-state index in [1.807, 2.05) is 11.0 Å². The predicted octanol–water partition coefficient (Wildman–Crippen LogP) is 3.06. The van der Waals surface area contributed by atoms with Gasteiger partial charge in [-0.1, -0.05) is 60.2 Å². The molecule has 0 saturated carbocycles. The Hall–Kier alpha value is -2.33. The summed E-state index contributed by atoms with van der Waals surface area (Å²) in [4.78, 5) is 16.6. The van der Waals surface area contributed by atoms with Gasteiger partial charge in [0.1, 0.15) is 0 Å². The van der Waals surface area contributed by atoms with E-state index in [9.17, 15) is 4.79 Å². The lowest BCUT2D eigenvalue weighted by atomic mass is 10.1. The topological polar surface area (TPSA) is 35.6 Å². The number of hydrogen-bond acceptors (Lipinski definition) is 2. The molecule has 1 fully saturated rings. The number of urea groups is 1. The Morgan fingerprint density at radius 2 is 1.60 bits per heavy atom. The molecule has 4 nitrogen and oxygen atoms in total. The number of hydrogen-bond donors (Lipinski definition) is 1. The van der Waals surface area contributed by atoms with E-state index in [2.05, 4.69) is 65.7 Å². The molecule has 2 aromatic rings. The van der Waals surface area contributed by atoms with Crippen molar-refractivity contribution in [1.82, 2.24) is 15.1 Å². The van der Waals surface area contributed by atoms with Crippen LogP contribution in [0.3, 0.4) is 0 Å². The van der Waals surface area contributed by atoms with Crippen LogP contribution in [0, 0.1) is 6.92 Å². The highest BCUT2D eigenvalue weighted by Crippen LogP contribution is 2.08. The molecule has 0 bridgehead atoms. The second kappa shape index (κ2) is 8.67. The third kappa shape index (κ3) is 5.33. The fourth-order valence-electron chi connectivity index (χ4n) is 3.13. The van der Waals surface area contributed by atoms with Gasteiger partial charge in [-0.05, 0) is 24.5 Å². The number of rotatable bonds is 5. The molecule has 0 atom stereocenters. The van der Waals surface area contributed by atoms with Crippen molar-refractivity contribution in [2.24, 2.45) is 0 Å². The van der Waals surface area contributed by atoms with Gasteiger partial charge in [0.15, 0.2) is 0 Å². The van der Waals surface area contributed by atoms with E-state index in [4.69, 9.17) is 0 Å². The van der Waals surface area contributed by atoms with Crippen LogP contribution < -0.4 is 5.32 Å². The van der Waals surface area contributed by atoms with E-state index in [-0.39, 0.29) is 6.03 Å². The highest BCUT2D eigenvalue weighted by atomic mass is 16.2. The average Bonchev–Trinajstić information content (AvgIpc) is 2.65. The molecule has 132 valence electrons. The van der Waals surface area contributed by atoms with Crippen LogP contribution in [0.4, 0.5) is 4.79 Å². The zero-order valence-electron chi connectivity index (χ0n) is 14.9. The Labute approximate surface area is 150 Å². The molecule has 0 aromatic heterocycles. The minimum absolute atomic E-state index is 0.0615. The lowest BCUT2D eigenvalue weighted by Gasteiger charge is -2.34. The maximum atomic E-state index is 12.3. The summed E-state index contributed by atoms with van der Waals surface area (Å²) in [6, 6.07) is 19.1. The molecule has 0 radical (unpaired) electrons. The number of aryl methyl sites for hydroxylation is 1. The SMILES string of the molecule is Cc1ccc(CCNC(=O)N2CCN(Cc3ccccc3)CC2)cc1.